The molecule has 2 aromatic carbocycles. The van der Waals surface area contributed by atoms with Crippen LogP contribution in [0.2, 0.25) is 0 Å². The average Bonchev–Trinajstić information content (AvgIpc) is 2.78. The molecule has 2 aromatic rings. The Morgan fingerprint density at radius 2 is 1.65 bits per heavy atom. The van der Waals surface area contributed by atoms with Gasteiger partial charge in [0.05, 0.1) is 12.5 Å². The fourth-order valence-corrected chi connectivity index (χ4v) is 6.23. The van der Waals surface area contributed by atoms with Gasteiger partial charge in [-0.3, -0.25) is 0 Å². The van der Waals surface area contributed by atoms with E-state index in [0.717, 1.165) is 31.1 Å². The van der Waals surface area contributed by atoms with Crippen LogP contribution in [0.3, 0.4) is 0 Å². The Labute approximate surface area is 184 Å². The third-order valence-electron chi connectivity index (χ3n) is 7.96. The number of fused-ring (bicyclic) bond motifs is 2. The van der Waals surface area contributed by atoms with Crippen LogP contribution < -0.4 is 4.74 Å². The Balaban J connectivity index is 1.47. The van der Waals surface area contributed by atoms with Gasteiger partial charge >= 0.3 is 0 Å². The lowest BCUT2D eigenvalue weighted by Gasteiger charge is -2.42. The van der Waals surface area contributed by atoms with Crippen molar-refractivity contribution in [1.29, 1.82) is 0 Å². The fourth-order valence-electron chi connectivity index (χ4n) is 6.23. The number of hydrogen-bond acceptors (Lipinski definition) is 1. The lowest BCUT2D eigenvalue weighted by atomic mass is 9.63. The smallest absolute Gasteiger partial charge is 0.175 e. The van der Waals surface area contributed by atoms with E-state index in [1.807, 2.05) is 0 Å². The minimum Gasteiger partial charge on any atom is -0.494 e. The van der Waals surface area contributed by atoms with Gasteiger partial charge in [0.25, 0.3) is 0 Å². The van der Waals surface area contributed by atoms with Crippen LogP contribution in [-0.4, -0.2) is 7.11 Å². The van der Waals surface area contributed by atoms with Crippen molar-refractivity contribution < 1.29 is 17.9 Å². The van der Waals surface area contributed by atoms with Gasteiger partial charge in [-0.25, -0.2) is 13.2 Å². The number of halogens is 3. The predicted octanol–water partition coefficient (Wildman–Crippen LogP) is 8.54. The highest BCUT2D eigenvalue weighted by Gasteiger charge is 2.37. The molecule has 4 atom stereocenters. The summed E-state index contributed by atoms with van der Waals surface area (Å²) in [7, 11) is 1.32. The van der Waals surface area contributed by atoms with Gasteiger partial charge in [-0.05, 0) is 78.9 Å². The van der Waals surface area contributed by atoms with Crippen LogP contribution in [0.5, 0.6) is 5.75 Å². The van der Waals surface area contributed by atoms with Crippen molar-refractivity contribution in [2.75, 3.05) is 7.11 Å². The van der Waals surface area contributed by atoms with E-state index in [9.17, 15) is 8.78 Å². The number of rotatable bonds is 7. The molecule has 0 heterocycles. The lowest BCUT2D eigenvalue weighted by molar-refractivity contribution is 0.112. The summed E-state index contributed by atoms with van der Waals surface area (Å²) in [4.78, 5) is 0. The van der Waals surface area contributed by atoms with Crippen LogP contribution in [0.25, 0.3) is 10.8 Å². The maximum atomic E-state index is 15.0. The summed E-state index contributed by atoms with van der Waals surface area (Å²) in [6.45, 7) is 2.25. The Morgan fingerprint density at radius 3 is 2.42 bits per heavy atom. The van der Waals surface area contributed by atoms with Crippen molar-refractivity contribution in [2.24, 2.45) is 17.8 Å². The van der Waals surface area contributed by atoms with E-state index >= 15 is 4.39 Å². The first-order valence-electron chi connectivity index (χ1n) is 12.2. The van der Waals surface area contributed by atoms with E-state index in [2.05, 4.69) is 6.92 Å². The highest BCUT2D eigenvalue weighted by Crippen LogP contribution is 2.49. The Hall–Kier alpha value is -1.71. The molecule has 4 heteroatoms. The van der Waals surface area contributed by atoms with Gasteiger partial charge in [0.15, 0.2) is 23.2 Å². The quantitative estimate of drug-likeness (QED) is 0.398. The van der Waals surface area contributed by atoms with Crippen LogP contribution in [0.4, 0.5) is 13.2 Å². The molecule has 0 aliphatic heterocycles. The summed E-state index contributed by atoms with van der Waals surface area (Å²) in [6, 6.07) is 4.77. The molecule has 0 bridgehead atoms. The number of methoxy groups -OCH3 is 1. The predicted molar refractivity (Wildman–Crippen MR) is 120 cm³/mol. The molecule has 4 unspecified atom stereocenters. The van der Waals surface area contributed by atoms with Gasteiger partial charge in [0.2, 0.25) is 0 Å². The van der Waals surface area contributed by atoms with Crippen LogP contribution in [0.15, 0.2) is 18.2 Å². The molecule has 0 spiro atoms. The average molecular weight is 433 g/mol. The minimum absolute atomic E-state index is 0.0198. The second-order valence-corrected chi connectivity index (χ2v) is 9.83. The Morgan fingerprint density at radius 1 is 0.871 bits per heavy atom. The van der Waals surface area contributed by atoms with Gasteiger partial charge < -0.3 is 4.74 Å². The molecule has 2 saturated carbocycles. The zero-order valence-electron chi connectivity index (χ0n) is 18.9. The van der Waals surface area contributed by atoms with Gasteiger partial charge in [0.1, 0.15) is 0 Å². The maximum absolute atomic E-state index is 15.0. The van der Waals surface area contributed by atoms with Crippen molar-refractivity contribution in [3.05, 3.63) is 41.2 Å². The first kappa shape index (κ1) is 22.5. The van der Waals surface area contributed by atoms with Crippen LogP contribution in [0, 0.1) is 35.2 Å². The standard InChI is InChI=1S/C27H35F3O/c1-3-4-5-6-7-17-8-9-19-15-20(11-10-18(19)14-17)22-16-21-12-13-23(31-2)26(29)24(21)27(30)25(22)28/h12-13,16-20H,3-11,14-15H2,1-2H3. The van der Waals surface area contributed by atoms with E-state index in [1.54, 1.807) is 12.1 Å². The minimum atomic E-state index is -1.08. The third kappa shape index (κ3) is 4.59. The monoisotopic (exact) mass is 432 g/mol. The van der Waals surface area contributed by atoms with Gasteiger partial charge in [0, 0.05) is 0 Å². The zero-order chi connectivity index (χ0) is 22.0. The summed E-state index contributed by atoms with van der Waals surface area (Å²) < 4.78 is 49.4. The first-order valence-corrected chi connectivity index (χ1v) is 12.2. The van der Waals surface area contributed by atoms with Gasteiger partial charge in [-0.1, -0.05) is 51.5 Å². The Bertz CT molecular complexity index is 909. The maximum Gasteiger partial charge on any atom is 0.175 e. The van der Waals surface area contributed by atoms with E-state index in [4.69, 9.17) is 4.74 Å². The van der Waals surface area contributed by atoms with E-state index in [-0.39, 0.29) is 17.1 Å². The lowest BCUT2D eigenvalue weighted by Crippen LogP contribution is -2.30. The largest absolute Gasteiger partial charge is 0.494 e. The zero-order valence-corrected chi connectivity index (χ0v) is 18.9. The molecule has 0 N–H and O–H groups in total. The summed E-state index contributed by atoms with van der Waals surface area (Å²) in [5, 5.41) is 0.1000. The molecule has 2 aliphatic rings. The second-order valence-electron chi connectivity index (χ2n) is 9.83. The molecular formula is C27H35F3O. The highest BCUT2D eigenvalue weighted by atomic mass is 19.2. The van der Waals surface area contributed by atoms with Crippen LogP contribution >= 0.6 is 0 Å². The van der Waals surface area contributed by atoms with Crippen molar-refractivity contribution in [1.82, 2.24) is 0 Å². The van der Waals surface area contributed by atoms with Crippen molar-refractivity contribution in [3.63, 3.8) is 0 Å². The number of unbranched alkanes of at least 4 members (excludes halogenated alkanes) is 3. The first-order chi connectivity index (χ1) is 15.0. The molecule has 2 fully saturated rings. The second kappa shape index (κ2) is 9.83. The summed E-state index contributed by atoms with van der Waals surface area (Å²) in [5.74, 6) is -0.648. The molecule has 0 saturated heterocycles. The van der Waals surface area contributed by atoms with E-state index < -0.39 is 17.5 Å². The van der Waals surface area contributed by atoms with Crippen LogP contribution in [0.1, 0.15) is 89.0 Å². The van der Waals surface area contributed by atoms with Crippen molar-refractivity contribution in [3.8, 4) is 5.75 Å². The molecular weight excluding hydrogens is 397 g/mol. The summed E-state index contributed by atoms with van der Waals surface area (Å²) >= 11 is 0. The normalized spacial score (nSPS) is 26.1. The van der Waals surface area contributed by atoms with E-state index in [0.29, 0.717) is 16.9 Å². The molecule has 1 nitrogen and oxygen atoms in total. The number of hydrogen-bond donors (Lipinski definition) is 0. The van der Waals surface area contributed by atoms with Gasteiger partial charge in [-0.15, -0.1) is 0 Å². The van der Waals surface area contributed by atoms with Crippen molar-refractivity contribution in [2.45, 2.75) is 83.5 Å². The Kier molecular flexibility index (Phi) is 7.13. The van der Waals surface area contributed by atoms with Crippen LogP contribution in [-0.2, 0) is 0 Å². The molecule has 170 valence electrons. The number of benzene rings is 2. The topological polar surface area (TPSA) is 9.23 Å². The molecule has 31 heavy (non-hydrogen) atoms. The molecule has 4 rings (SSSR count). The molecule has 0 amide bonds. The van der Waals surface area contributed by atoms with Gasteiger partial charge in [-0.2, -0.15) is 0 Å². The number of ether oxygens (including phenoxy) is 1. The van der Waals surface area contributed by atoms with Crippen molar-refractivity contribution >= 4 is 10.8 Å². The summed E-state index contributed by atoms with van der Waals surface area (Å²) in [5.41, 5.74) is 0.426. The third-order valence-corrected chi connectivity index (χ3v) is 7.96. The van der Waals surface area contributed by atoms with E-state index in [1.165, 1.54) is 64.5 Å². The summed E-state index contributed by atoms with van der Waals surface area (Å²) in [6.07, 6.45) is 13.4. The molecule has 0 aromatic heterocycles. The highest BCUT2D eigenvalue weighted by molar-refractivity contribution is 5.86. The molecule has 2 aliphatic carbocycles. The SMILES string of the molecule is CCCCCCC1CCC2CC(c3cc4ccc(OC)c(F)c4c(F)c3F)CCC2C1. The molecule has 0 radical (unpaired) electrons. The fraction of sp³-hybridized carbons (Fsp3) is 0.630.